The first-order chi connectivity index (χ1) is 9.01. The fourth-order valence-corrected chi connectivity index (χ4v) is 1.87. The third kappa shape index (κ3) is 4.21. The molecule has 106 valence electrons. The van der Waals surface area contributed by atoms with Gasteiger partial charge in [0.1, 0.15) is 5.82 Å². The van der Waals surface area contributed by atoms with Crippen LogP contribution in [0.2, 0.25) is 0 Å². The van der Waals surface area contributed by atoms with E-state index in [2.05, 4.69) is 24.3 Å². The number of anilines is 1. The Balaban J connectivity index is 2.92. The lowest BCUT2D eigenvalue weighted by molar-refractivity contribution is 0.0774. The molecule has 0 saturated heterocycles. The van der Waals surface area contributed by atoms with Gasteiger partial charge in [0.15, 0.2) is 0 Å². The number of rotatable bonds is 6. The minimum absolute atomic E-state index is 0.00824. The maximum absolute atomic E-state index is 12.4. The van der Waals surface area contributed by atoms with Crippen molar-refractivity contribution in [3.63, 3.8) is 0 Å². The second-order valence-corrected chi connectivity index (χ2v) is 4.93. The van der Waals surface area contributed by atoms with Gasteiger partial charge < -0.3 is 10.3 Å². The van der Waals surface area contributed by atoms with E-state index in [1.807, 2.05) is 20.0 Å². The number of carbonyl (C=O) groups excluding carboxylic acids is 1. The molecule has 1 rings (SSSR count). The van der Waals surface area contributed by atoms with Crippen molar-refractivity contribution < 1.29 is 4.79 Å². The number of aryl methyl sites for hydroxylation is 1. The molecule has 0 aliphatic heterocycles. The van der Waals surface area contributed by atoms with Gasteiger partial charge in [-0.1, -0.05) is 27.2 Å². The Labute approximate surface area is 115 Å². The summed E-state index contributed by atoms with van der Waals surface area (Å²) in [5, 5.41) is 0. The highest BCUT2D eigenvalue weighted by Gasteiger charge is 2.15. The van der Waals surface area contributed by atoms with Crippen LogP contribution < -0.4 is 11.3 Å². The van der Waals surface area contributed by atoms with Crippen molar-refractivity contribution in [2.45, 2.75) is 33.6 Å². The summed E-state index contributed by atoms with van der Waals surface area (Å²) in [7, 11) is 1.83. The van der Waals surface area contributed by atoms with E-state index in [-0.39, 0.29) is 5.91 Å². The number of aromatic nitrogens is 1. The van der Waals surface area contributed by atoms with Gasteiger partial charge in [-0.05, 0) is 24.5 Å². The molecule has 0 fully saturated rings. The maximum atomic E-state index is 12.4. The summed E-state index contributed by atoms with van der Waals surface area (Å²) in [5.41, 5.74) is 3.99. The van der Waals surface area contributed by atoms with E-state index in [0.717, 1.165) is 25.1 Å². The quantitative estimate of drug-likeness (QED) is 0.609. The Morgan fingerprint density at radius 1 is 1.47 bits per heavy atom. The van der Waals surface area contributed by atoms with E-state index < -0.39 is 0 Å². The van der Waals surface area contributed by atoms with Crippen LogP contribution in [0.3, 0.4) is 0 Å². The summed E-state index contributed by atoms with van der Waals surface area (Å²) in [5.74, 6) is 6.41. The molecule has 5 heteroatoms. The molecular formula is C14H24N4O. The number of pyridine rings is 1. The first-order valence-electron chi connectivity index (χ1n) is 6.74. The molecule has 0 radical (unpaired) electrons. The third-order valence-electron chi connectivity index (χ3n) is 3.26. The fraction of sp³-hybridized carbons (Fsp3) is 0.571. The molecule has 0 spiro atoms. The van der Waals surface area contributed by atoms with Crippen LogP contribution in [0.25, 0.3) is 0 Å². The fourth-order valence-electron chi connectivity index (χ4n) is 1.87. The highest BCUT2D eigenvalue weighted by molar-refractivity contribution is 5.94. The van der Waals surface area contributed by atoms with Crippen LogP contribution in [0, 0.1) is 5.92 Å². The van der Waals surface area contributed by atoms with E-state index in [9.17, 15) is 4.79 Å². The van der Waals surface area contributed by atoms with E-state index in [1.54, 1.807) is 11.0 Å². The molecule has 0 aliphatic carbocycles. The number of amides is 1. The molecule has 0 saturated carbocycles. The Morgan fingerprint density at radius 2 is 2.16 bits per heavy atom. The van der Waals surface area contributed by atoms with Crippen molar-refractivity contribution in [3.05, 3.63) is 23.4 Å². The topological polar surface area (TPSA) is 71.2 Å². The number of carbonyl (C=O) groups is 1. The molecule has 1 aromatic heterocycles. The van der Waals surface area contributed by atoms with Crippen molar-refractivity contribution in [3.8, 4) is 0 Å². The molecule has 19 heavy (non-hydrogen) atoms. The maximum Gasteiger partial charge on any atom is 0.253 e. The summed E-state index contributed by atoms with van der Waals surface area (Å²) in [6.45, 7) is 7.02. The van der Waals surface area contributed by atoms with Gasteiger partial charge in [-0.2, -0.15) is 0 Å². The van der Waals surface area contributed by atoms with Gasteiger partial charge in [-0.15, -0.1) is 0 Å². The number of nitrogen functional groups attached to an aromatic ring is 1. The first-order valence-corrected chi connectivity index (χ1v) is 6.74. The van der Waals surface area contributed by atoms with Crippen molar-refractivity contribution in [2.75, 3.05) is 19.0 Å². The number of nitrogens with one attached hydrogen (secondary N) is 1. The summed E-state index contributed by atoms with van der Waals surface area (Å²) >= 11 is 0. The van der Waals surface area contributed by atoms with E-state index >= 15 is 0 Å². The van der Waals surface area contributed by atoms with Crippen molar-refractivity contribution >= 4 is 11.7 Å². The van der Waals surface area contributed by atoms with Gasteiger partial charge in [0, 0.05) is 24.8 Å². The zero-order valence-electron chi connectivity index (χ0n) is 12.2. The SMILES string of the molecule is CCc1cc(C(=O)N(C)CC(C)CC)cc(NN)n1. The summed E-state index contributed by atoms with van der Waals surface area (Å²) in [6, 6.07) is 3.52. The lowest BCUT2D eigenvalue weighted by Gasteiger charge is -2.21. The molecule has 5 nitrogen and oxygen atoms in total. The molecule has 0 aliphatic rings. The Hall–Kier alpha value is -1.62. The molecule has 1 heterocycles. The number of hydrogen-bond acceptors (Lipinski definition) is 4. The minimum atomic E-state index is 0.00824. The van der Waals surface area contributed by atoms with Crippen LogP contribution in [0.1, 0.15) is 43.2 Å². The van der Waals surface area contributed by atoms with Crippen LogP contribution in [0.5, 0.6) is 0 Å². The van der Waals surface area contributed by atoms with Gasteiger partial charge in [-0.25, -0.2) is 10.8 Å². The lowest BCUT2D eigenvalue weighted by Crippen LogP contribution is -2.31. The summed E-state index contributed by atoms with van der Waals surface area (Å²) in [6.07, 6.45) is 1.83. The number of nitrogens with zero attached hydrogens (tertiary/aromatic N) is 2. The molecule has 1 amide bonds. The number of nitrogens with two attached hydrogens (primary N) is 1. The van der Waals surface area contributed by atoms with E-state index in [0.29, 0.717) is 17.3 Å². The summed E-state index contributed by atoms with van der Waals surface area (Å²) < 4.78 is 0. The van der Waals surface area contributed by atoms with E-state index in [1.165, 1.54) is 0 Å². The molecule has 0 aromatic carbocycles. The molecule has 1 atom stereocenters. The average Bonchev–Trinajstić information content (AvgIpc) is 2.45. The normalized spacial score (nSPS) is 12.1. The minimum Gasteiger partial charge on any atom is -0.341 e. The Kier molecular flexibility index (Phi) is 5.76. The van der Waals surface area contributed by atoms with Crippen molar-refractivity contribution in [2.24, 2.45) is 11.8 Å². The zero-order chi connectivity index (χ0) is 14.4. The van der Waals surface area contributed by atoms with Crippen LogP contribution in [0.15, 0.2) is 12.1 Å². The van der Waals surface area contributed by atoms with Gasteiger partial charge >= 0.3 is 0 Å². The second-order valence-electron chi connectivity index (χ2n) is 4.93. The predicted octanol–water partition coefficient (Wildman–Crippen LogP) is 2.05. The molecule has 0 bridgehead atoms. The van der Waals surface area contributed by atoms with Crippen LogP contribution in [0.4, 0.5) is 5.82 Å². The second kappa shape index (κ2) is 7.09. The lowest BCUT2D eigenvalue weighted by atomic mass is 10.1. The van der Waals surface area contributed by atoms with E-state index in [4.69, 9.17) is 5.84 Å². The van der Waals surface area contributed by atoms with Crippen molar-refractivity contribution in [1.29, 1.82) is 0 Å². The molecule has 1 unspecified atom stereocenters. The smallest absolute Gasteiger partial charge is 0.253 e. The standard InChI is InChI=1S/C14H24N4O/c1-5-10(3)9-18(4)14(19)11-7-12(6-2)16-13(8-11)17-15/h7-8,10H,5-6,9,15H2,1-4H3,(H,16,17). The van der Waals surface area contributed by atoms with Crippen LogP contribution in [-0.2, 0) is 6.42 Å². The monoisotopic (exact) mass is 264 g/mol. The zero-order valence-corrected chi connectivity index (χ0v) is 12.2. The van der Waals surface area contributed by atoms with Crippen LogP contribution >= 0.6 is 0 Å². The van der Waals surface area contributed by atoms with Gasteiger partial charge in [0.2, 0.25) is 0 Å². The van der Waals surface area contributed by atoms with Crippen molar-refractivity contribution in [1.82, 2.24) is 9.88 Å². The highest BCUT2D eigenvalue weighted by atomic mass is 16.2. The van der Waals surface area contributed by atoms with Gasteiger partial charge in [0.05, 0.1) is 0 Å². The van der Waals surface area contributed by atoms with Gasteiger partial charge in [-0.3, -0.25) is 4.79 Å². The Morgan fingerprint density at radius 3 is 2.68 bits per heavy atom. The molecule has 3 N–H and O–H groups in total. The van der Waals surface area contributed by atoms with Crippen LogP contribution in [-0.4, -0.2) is 29.4 Å². The third-order valence-corrected chi connectivity index (χ3v) is 3.26. The predicted molar refractivity (Wildman–Crippen MR) is 77.8 cm³/mol. The largest absolute Gasteiger partial charge is 0.341 e. The van der Waals surface area contributed by atoms with Gasteiger partial charge in [0.25, 0.3) is 5.91 Å². The highest BCUT2D eigenvalue weighted by Crippen LogP contribution is 2.13. The average molecular weight is 264 g/mol. The Bertz CT molecular complexity index is 411. The first kappa shape index (κ1) is 15.4. The summed E-state index contributed by atoms with van der Waals surface area (Å²) in [4.78, 5) is 18.4. The number of hydrazine groups is 1. The molecular weight excluding hydrogens is 240 g/mol. The number of hydrogen-bond donors (Lipinski definition) is 2. The molecule has 1 aromatic rings.